The summed E-state index contributed by atoms with van der Waals surface area (Å²) in [6.45, 7) is 0.151. The van der Waals surface area contributed by atoms with Gasteiger partial charge in [-0.1, -0.05) is 41.9 Å². The van der Waals surface area contributed by atoms with Gasteiger partial charge in [0.1, 0.15) is 0 Å². The molecule has 0 saturated carbocycles. The average molecular weight is 322 g/mol. The minimum Gasteiger partial charge on any atom is -0.395 e. The number of aliphatic hydroxyl groups is 1. The quantitative estimate of drug-likeness (QED) is 0.873. The molecule has 0 spiro atoms. The number of nitrogens with one attached hydrogen (secondary N) is 1. The fourth-order valence-corrected chi connectivity index (χ4v) is 4.44. The Bertz CT molecular complexity index is 584. The van der Waals surface area contributed by atoms with Crippen molar-refractivity contribution in [3.63, 3.8) is 0 Å². The van der Waals surface area contributed by atoms with Crippen LogP contribution in [-0.2, 0) is 12.8 Å². The summed E-state index contributed by atoms with van der Waals surface area (Å²) in [6, 6.07) is 12.8. The Kier molecular flexibility index (Phi) is 4.96. The maximum atomic E-state index is 9.69. The Morgan fingerprint density at radius 3 is 2.90 bits per heavy atom. The topological polar surface area (TPSA) is 32.3 Å². The number of halogens is 1. The Morgan fingerprint density at radius 2 is 2.14 bits per heavy atom. The van der Waals surface area contributed by atoms with Crippen molar-refractivity contribution in [2.45, 2.75) is 37.8 Å². The summed E-state index contributed by atoms with van der Waals surface area (Å²) in [5.41, 5.74) is 2.59. The number of thiophene rings is 1. The van der Waals surface area contributed by atoms with Gasteiger partial charge in [0.2, 0.25) is 0 Å². The third kappa shape index (κ3) is 3.67. The van der Waals surface area contributed by atoms with Gasteiger partial charge in [-0.25, -0.2) is 0 Å². The number of hydrogen-bond donors (Lipinski definition) is 2. The SMILES string of the molecule is OC[C@@H](Cc1ccccc1)NC1CCCc2sc(Cl)cc21. The van der Waals surface area contributed by atoms with E-state index in [0.717, 1.165) is 23.6 Å². The van der Waals surface area contributed by atoms with Gasteiger partial charge < -0.3 is 10.4 Å². The highest BCUT2D eigenvalue weighted by atomic mass is 35.5. The normalized spacial score (nSPS) is 19.2. The zero-order chi connectivity index (χ0) is 14.7. The molecule has 0 bridgehead atoms. The zero-order valence-corrected chi connectivity index (χ0v) is 13.5. The van der Waals surface area contributed by atoms with Crippen LogP contribution in [0.5, 0.6) is 0 Å². The molecule has 2 nitrogen and oxygen atoms in total. The van der Waals surface area contributed by atoms with Crippen molar-refractivity contribution >= 4 is 22.9 Å². The van der Waals surface area contributed by atoms with Crippen LogP contribution in [0.15, 0.2) is 36.4 Å². The van der Waals surface area contributed by atoms with Crippen LogP contribution in [-0.4, -0.2) is 17.8 Å². The van der Waals surface area contributed by atoms with Crippen LogP contribution in [0.3, 0.4) is 0 Å². The molecule has 1 aromatic heterocycles. The molecule has 0 radical (unpaired) electrons. The molecule has 0 amide bonds. The number of aryl methyl sites for hydroxylation is 1. The van der Waals surface area contributed by atoms with Gasteiger partial charge >= 0.3 is 0 Å². The maximum absolute atomic E-state index is 9.69. The van der Waals surface area contributed by atoms with Crippen LogP contribution < -0.4 is 5.32 Å². The molecule has 0 aliphatic heterocycles. The summed E-state index contributed by atoms with van der Waals surface area (Å²) in [7, 11) is 0. The van der Waals surface area contributed by atoms with E-state index in [0.29, 0.717) is 6.04 Å². The standard InChI is InChI=1S/C17H20ClNOS/c18-17-10-14-15(7-4-8-16(14)21-17)19-13(11-20)9-12-5-2-1-3-6-12/h1-3,5-6,10,13,15,19-20H,4,7-9,11H2/t13-,15?/m1/s1. The van der Waals surface area contributed by atoms with Gasteiger partial charge in [0.15, 0.2) is 0 Å². The summed E-state index contributed by atoms with van der Waals surface area (Å²) >= 11 is 7.85. The van der Waals surface area contributed by atoms with E-state index in [1.165, 1.54) is 22.4 Å². The molecule has 112 valence electrons. The average Bonchev–Trinajstić information content (AvgIpc) is 2.89. The van der Waals surface area contributed by atoms with Gasteiger partial charge in [-0.05, 0) is 42.9 Å². The Labute approximate surface area is 134 Å². The maximum Gasteiger partial charge on any atom is 0.0934 e. The molecule has 21 heavy (non-hydrogen) atoms. The molecule has 1 unspecified atom stereocenters. The van der Waals surface area contributed by atoms with E-state index in [1.807, 2.05) is 18.2 Å². The lowest BCUT2D eigenvalue weighted by Crippen LogP contribution is -2.38. The minimum absolute atomic E-state index is 0.0852. The molecular formula is C17H20ClNOS. The van der Waals surface area contributed by atoms with Crippen LogP contribution >= 0.6 is 22.9 Å². The fourth-order valence-electron chi connectivity index (χ4n) is 3.05. The smallest absolute Gasteiger partial charge is 0.0934 e. The third-order valence-electron chi connectivity index (χ3n) is 4.07. The second kappa shape index (κ2) is 6.93. The predicted octanol–water partition coefficient (Wildman–Crippen LogP) is 3.97. The summed E-state index contributed by atoms with van der Waals surface area (Å²) in [5, 5.41) is 13.3. The lowest BCUT2D eigenvalue weighted by atomic mass is 9.93. The first-order valence-corrected chi connectivity index (χ1v) is 8.64. The van der Waals surface area contributed by atoms with Crippen LogP contribution in [0.25, 0.3) is 0 Å². The Morgan fingerprint density at radius 1 is 1.33 bits per heavy atom. The van der Waals surface area contributed by atoms with Crippen LogP contribution in [0.1, 0.15) is 34.9 Å². The van der Waals surface area contributed by atoms with Crippen LogP contribution in [0.4, 0.5) is 0 Å². The van der Waals surface area contributed by atoms with Gasteiger partial charge in [0, 0.05) is 17.0 Å². The molecular weight excluding hydrogens is 302 g/mol. The van der Waals surface area contributed by atoms with Crippen molar-refractivity contribution in [3.8, 4) is 0 Å². The largest absolute Gasteiger partial charge is 0.395 e. The van der Waals surface area contributed by atoms with Gasteiger partial charge in [-0.15, -0.1) is 11.3 Å². The van der Waals surface area contributed by atoms with Gasteiger partial charge in [0.05, 0.1) is 10.9 Å². The highest BCUT2D eigenvalue weighted by molar-refractivity contribution is 7.16. The molecule has 2 aromatic rings. The number of aliphatic hydroxyl groups excluding tert-OH is 1. The summed E-state index contributed by atoms with van der Waals surface area (Å²) < 4.78 is 0.873. The van der Waals surface area contributed by atoms with E-state index in [9.17, 15) is 5.11 Å². The monoisotopic (exact) mass is 321 g/mol. The lowest BCUT2D eigenvalue weighted by molar-refractivity contribution is 0.226. The molecule has 0 saturated heterocycles. The summed E-state index contributed by atoms with van der Waals surface area (Å²) in [5.74, 6) is 0. The van der Waals surface area contributed by atoms with E-state index in [2.05, 4.69) is 23.5 Å². The molecule has 1 aliphatic carbocycles. The van der Waals surface area contributed by atoms with Crippen molar-refractivity contribution in [1.29, 1.82) is 0 Å². The molecule has 0 fully saturated rings. The van der Waals surface area contributed by atoms with E-state index in [-0.39, 0.29) is 12.6 Å². The molecule has 1 heterocycles. The van der Waals surface area contributed by atoms with Crippen molar-refractivity contribution in [3.05, 3.63) is 56.7 Å². The zero-order valence-electron chi connectivity index (χ0n) is 11.9. The van der Waals surface area contributed by atoms with Gasteiger partial charge in [-0.3, -0.25) is 0 Å². The Hall–Kier alpha value is -0.870. The first-order valence-electron chi connectivity index (χ1n) is 7.45. The fraction of sp³-hybridized carbons (Fsp3) is 0.412. The van der Waals surface area contributed by atoms with Crippen molar-refractivity contribution in [1.82, 2.24) is 5.32 Å². The first kappa shape index (κ1) is 15.0. The summed E-state index contributed by atoms with van der Waals surface area (Å²) in [6.07, 6.45) is 4.28. The number of benzene rings is 1. The third-order valence-corrected chi connectivity index (χ3v) is 5.41. The predicted molar refractivity (Wildman–Crippen MR) is 89.2 cm³/mol. The molecule has 4 heteroatoms. The van der Waals surface area contributed by atoms with Crippen LogP contribution in [0.2, 0.25) is 4.34 Å². The lowest BCUT2D eigenvalue weighted by Gasteiger charge is -2.28. The number of fused-ring (bicyclic) bond motifs is 1. The van der Waals surface area contributed by atoms with Crippen molar-refractivity contribution in [2.24, 2.45) is 0 Å². The van der Waals surface area contributed by atoms with Gasteiger partial charge in [-0.2, -0.15) is 0 Å². The highest BCUT2D eigenvalue weighted by Crippen LogP contribution is 2.38. The number of rotatable bonds is 5. The van der Waals surface area contributed by atoms with Crippen LogP contribution in [0, 0.1) is 0 Å². The van der Waals surface area contributed by atoms with Gasteiger partial charge in [0.25, 0.3) is 0 Å². The van der Waals surface area contributed by atoms with E-state index < -0.39 is 0 Å². The minimum atomic E-state index is 0.0852. The first-order chi connectivity index (χ1) is 10.3. The second-order valence-electron chi connectivity index (χ2n) is 5.61. The molecule has 1 aliphatic rings. The molecule has 2 atom stereocenters. The molecule has 3 rings (SSSR count). The second-order valence-corrected chi connectivity index (χ2v) is 7.38. The molecule has 2 N–H and O–H groups in total. The Balaban J connectivity index is 1.70. The van der Waals surface area contributed by atoms with E-state index in [4.69, 9.17) is 11.6 Å². The van der Waals surface area contributed by atoms with Crippen molar-refractivity contribution < 1.29 is 5.11 Å². The van der Waals surface area contributed by atoms with E-state index in [1.54, 1.807) is 11.3 Å². The number of hydrogen-bond acceptors (Lipinski definition) is 3. The highest BCUT2D eigenvalue weighted by Gasteiger charge is 2.24. The van der Waals surface area contributed by atoms with E-state index >= 15 is 0 Å². The summed E-state index contributed by atoms with van der Waals surface area (Å²) in [4.78, 5) is 1.40. The van der Waals surface area contributed by atoms with Crippen molar-refractivity contribution in [2.75, 3.05) is 6.61 Å². The molecule has 1 aromatic carbocycles.